The number of ketones is 1. The molecule has 2 aliphatic heterocycles. The number of hydrogen-bond donors (Lipinski definition) is 3. The van der Waals surface area contributed by atoms with E-state index in [0.717, 1.165) is 43.2 Å². The summed E-state index contributed by atoms with van der Waals surface area (Å²) < 4.78 is 5.85. The molecule has 0 spiro atoms. The van der Waals surface area contributed by atoms with Crippen LogP contribution in [0.2, 0.25) is 0 Å². The zero-order valence-electron chi connectivity index (χ0n) is 21.2. The fourth-order valence-electron chi connectivity index (χ4n) is 5.05. The van der Waals surface area contributed by atoms with E-state index in [1.54, 1.807) is 24.3 Å². The Morgan fingerprint density at radius 1 is 1.08 bits per heavy atom. The van der Waals surface area contributed by atoms with Crippen LogP contribution in [0.1, 0.15) is 56.1 Å². The molecule has 0 saturated carbocycles. The molecule has 1 fully saturated rings. The van der Waals surface area contributed by atoms with Crippen molar-refractivity contribution in [3.05, 3.63) is 59.7 Å². The van der Waals surface area contributed by atoms with Gasteiger partial charge in [0.05, 0.1) is 18.2 Å². The molecule has 8 heteroatoms. The van der Waals surface area contributed by atoms with Gasteiger partial charge in [-0.1, -0.05) is 36.8 Å². The number of aliphatic imine (C=N–C) groups is 1. The third-order valence-electron chi connectivity index (χ3n) is 7.10. The van der Waals surface area contributed by atoms with Crippen molar-refractivity contribution in [2.24, 2.45) is 10.9 Å². The highest BCUT2D eigenvalue weighted by molar-refractivity contribution is 6.46. The van der Waals surface area contributed by atoms with Gasteiger partial charge in [-0.2, -0.15) is 0 Å². The summed E-state index contributed by atoms with van der Waals surface area (Å²) in [7, 11) is 0. The van der Waals surface area contributed by atoms with E-state index in [4.69, 9.17) is 4.74 Å². The number of para-hydroxylation sites is 1. The first-order chi connectivity index (χ1) is 17.9. The van der Waals surface area contributed by atoms with Crippen LogP contribution in [0.25, 0.3) is 0 Å². The predicted octanol–water partition coefficient (Wildman–Crippen LogP) is 3.81. The first-order valence-electron chi connectivity index (χ1n) is 13.1. The van der Waals surface area contributed by atoms with E-state index in [9.17, 15) is 19.5 Å². The largest absolute Gasteiger partial charge is 0.494 e. The zero-order chi connectivity index (χ0) is 26.2. The number of carboxylic acids is 1. The maximum Gasteiger partial charge on any atom is 0.326 e. The fraction of sp³-hybridized carbons (Fsp3) is 0.448. The summed E-state index contributed by atoms with van der Waals surface area (Å²) >= 11 is 0. The molecule has 2 aromatic carbocycles. The number of aliphatic carboxylic acids is 1. The van der Waals surface area contributed by atoms with E-state index in [2.05, 4.69) is 15.6 Å². The SMILES string of the molecule is CC(=O)C1C(C(=O)NC(Cc2ccc(OCCCCC3CCNCC3)cc2)C(=O)O)=Nc2ccccc21. The number of carbonyl (C=O) groups is 3. The normalized spacial score (nSPS) is 18.0. The number of carbonyl (C=O) groups excluding carboxylic acids is 2. The Labute approximate surface area is 217 Å². The molecule has 2 aliphatic rings. The van der Waals surface area contributed by atoms with Crippen molar-refractivity contribution in [3.63, 3.8) is 0 Å². The molecule has 0 aliphatic carbocycles. The smallest absolute Gasteiger partial charge is 0.326 e. The van der Waals surface area contributed by atoms with Gasteiger partial charge in [-0.05, 0) is 80.9 Å². The quantitative estimate of drug-likeness (QED) is 0.378. The molecule has 1 amide bonds. The van der Waals surface area contributed by atoms with Crippen molar-refractivity contribution < 1.29 is 24.2 Å². The summed E-state index contributed by atoms with van der Waals surface area (Å²) in [6.07, 6.45) is 6.04. The Morgan fingerprint density at radius 3 is 2.51 bits per heavy atom. The van der Waals surface area contributed by atoms with Gasteiger partial charge in [0.25, 0.3) is 5.91 Å². The fourth-order valence-corrected chi connectivity index (χ4v) is 5.05. The van der Waals surface area contributed by atoms with E-state index >= 15 is 0 Å². The maximum absolute atomic E-state index is 13.0. The van der Waals surface area contributed by atoms with Gasteiger partial charge in [0.15, 0.2) is 0 Å². The summed E-state index contributed by atoms with van der Waals surface area (Å²) in [5.41, 5.74) is 2.00. The highest BCUT2D eigenvalue weighted by Gasteiger charge is 2.36. The summed E-state index contributed by atoms with van der Waals surface area (Å²) in [5.74, 6) is -1.24. The molecule has 2 aromatic rings. The lowest BCUT2D eigenvalue weighted by Gasteiger charge is -2.22. The van der Waals surface area contributed by atoms with Crippen LogP contribution in [-0.2, 0) is 20.8 Å². The standard InChI is InChI=1S/C29H35N3O5/c1-19(33)26-23-7-2-3-8-24(23)31-27(26)28(34)32-25(29(35)36)18-21-9-11-22(12-10-21)37-17-5-4-6-20-13-15-30-16-14-20/h2-3,7-12,20,25-26,30H,4-6,13-18H2,1H3,(H,32,34)(H,35,36). The number of fused-ring (bicyclic) bond motifs is 1. The van der Waals surface area contributed by atoms with E-state index in [0.29, 0.717) is 17.9 Å². The summed E-state index contributed by atoms with van der Waals surface area (Å²) in [6, 6.07) is 13.2. The van der Waals surface area contributed by atoms with Gasteiger partial charge < -0.3 is 20.5 Å². The maximum atomic E-state index is 13.0. The van der Waals surface area contributed by atoms with Crippen LogP contribution in [0.3, 0.4) is 0 Å². The molecule has 0 aromatic heterocycles. The van der Waals surface area contributed by atoms with Crippen LogP contribution < -0.4 is 15.4 Å². The number of hydrogen-bond acceptors (Lipinski definition) is 6. The summed E-state index contributed by atoms with van der Waals surface area (Å²) in [5, 5.41) is 15.7. The number of carboxylic acid groups (broad SMARTS) is 1. The minimum Gasteiger partial charge on any atom is -0.494 e. The number of piperidine rings is 1. The number of rotatable bonds is 12. The second-order valence-electron chi connectivity index (χ2n) is 9.85. The molecule has 2 unspecified atom stereocenters. The molecular formula is C29H35N3O5. The minimum absolute atomic E-state index is 0.0313. The molecule has 0 radical (unpaired) electrons. The number of nitrogens with one attached hydrogen (secondary N) is 2. The van der Waals surface area contributed by atoms with E-state index in [1.165, 1.54) is 26.2 Å². The number of benzene rings is 2. The Kier molecular flexibility index (Phi) is 9.06. The predicted molar refractivity (Wildman–Crippen MR) is 142 cm³/mol. The second kappa shape index (κ2) is 12.6. The van der Waals surface area contributed by atoms with Crippen LogP contribution >= 0.6 is 0 Å². The molecule has 8 nitrogen and oxygen atoms in total. The van der Waals surface area contributed by atoms with E-state index in [1.807, 2.05) is 24.3 Å². The van der Waals surface area contributed by atoms with Crippen LogP contribution in [0.15, 0.2) is 53.5 Å². The number of ether oxygens (including phenoxy) is 1. The van der Waals surface area contributed by atoms with Crippen molar-refractivity contribution in [1.29, 1.82) is 0 Å². The van der Waals surface area contributed by atoms with Crippen molar-refractivity contribution in [1.82, 2.24) is 10.6 Å². The first kappa shape index (κ1) is 26.5. The Bertz CT molecular complexity index is 1140. The zero-order valence-corrected chi connectivity index (χ0v) is 21.2. The molecule has 0 bridgehead atoms. The number of unbranched alkanes of at least 4 members (excludes halogenated alkanes) is 1. The number of nitrogens with zero attached hydrogens (tertiary/aromatic N) is 1. The highest BCUT2D eigenvalue weighted by Crippen LogP contribution is 2.36. The third kappa shape index (κ3) is 7.04. The highest BCUT2D eigenvalue weighted by atomic mass is 16.5. The van der Waals surface area contributed by atoms with E-state index in [-0.39, 0.29) is 17.9 Å². The van der Waals surface area contributed by atoms with Crippen molar-refractivity contribution >= 4 is 29.1 Å². The summed E-state index contributed by atoms with van der Waals surface area (Å²) in [4.78, 5) is 41.5. The third-order valence-corrected chi connectivity index (χ3v) is 7.10. The number of Topliss-reactive ketones (excluding diaryl/α,β-unsaturated/α-hetero) is 1. The Hall–Kier alpha value is -3.52. The molecule has 37 heavy (non-hydrogen) atoms. The van der Waals surface area contributed by atoms with Crippen LogP contribution in [0.4, 0.5) is 5.69 Å². The van der Waals surface area contributed by atoms with Crippen molar-refractivity contribution in [2.45, 2.75) is 57.4 Å². The molecule has 1 saturated heterocycles. The van der Waals surface area contributed by atoms with Gasteiger partial charge in [-0.3, -0.25) is 9.59 Å². The molecule has 2 heterocycles. The molecule has 196 valence electrons. The average Bonchev–Trinajstić information content (AvgIpc) is 3.30. The van der Waals surface area contributed by atoms with Crippen molar-refractivity contribution in [2.75, 3.05) is 19.7 Å². The first-order valence-corrected chi connectivity index (χ1v) is 13.1. The second-order valence-corrected chi connectivity index (χ2v) is 9.85. The van der Waals surface area contributed by atoms with Crippen LogP contribution in [0.5, 0.6) is 5.75 Å². The van der Waals surface area contributed by atoms with Crippen LogP contribution in [0, 0.1) is 5.92 Å². The monoisotopic (exact) mass is 505 g/mol. The summed E-state index contributed by atoms with van der Waals surface area (Å²) in [6.45, 7) is 4.31. The Morgan fingerprint density at radius 2 is 1.81 bits per heavy atom. The number of amides is 1. The molecule has 4 rings (SSSR count). The van der Waals surface area contributed by atoms with Crippen LogP contribution in [-0.4, -0.2) is 54.2 Å². The topological polar surface area (TPSA) is 117 Å². The lowest BCUT2D eigenvalue weighted by Crippen LogP contribution is -2.46. The van der Waals surface area contributed by atoms with Gasteiger partial charge in [-0.15, -0.1) is 0 Å². The lowest BCUT2D eigenvalue weighted by molar-refractivity contribution is -0.141. The van der Waals surface area contributed by atoms with Gasteiger partial charge >= 0.3 is 5.97 Å². The van der Waals surface area contributed by atoms with Gasteiger partial charge in [0.1, 0.15) is 23.3 Å². The van der Waals surface area contributed by atoms with Gasteiger partial charge in [0, 0.05) is 6.42 Å². The van der Waals surface area contributed by atoms with Gasteiger partial charge in [-0.25, -0.2) is 9.79 Å². The molecule has 3 N–H and O–H groups in total. The molecular weight excluding hydrogens is 470 g/mol. The average molecular weight is 506 g/mol. The minimum atomic E-state index is -1.16. The molecule has 2 atom stereocenters. The lowest BCUT2D eigenvalue weighted by atomic mass is 9.91. The van der Waals surface area contributed by atoms with Crippen molar-refractivity contribution in [3.8, 4) is 5.75 Å². The Balaban J connectivity index is 1.28. The van der Waals surface area contributed by atoms with Gasteiger partial charge in [0.2, 0.25) is 0 Å². The van der Waals surface area contributed by atoms with E-state index < -0.39 is 23.8 Å².